The lowest BCUT2D eigenvalue weighted by Gasteiger charge is -2.23. The van der Waals surface area contributed by atoms with Crippen LogP contribution in [0.2, 0.25) is 0 Å². The third-order valence-corrected chi connectivity index (χ3v) is 6.71. The number of hydrogen-bond acceptors (Lipinski definition) is 4. The second-order valence-electron chi connectivity index (χ2n) is 10.4. The summed E-state index contributed by atoms with van der Waals surface area (Å²) in [6.07, 6.45) is 2.34. The van der Waals surface area contributed by atoms with Gasteiger partial charge < -0.3 is 13.6 Å². The van der Waals surface area contributed by atoms with E-state index in [4.69, 9.17) is 13.6 Å². The van der Waals surface area contributed by atoms with Crippen molar-refractivity contribution >= 4 is 7.82 Å². The van der Waals surface area contributed by atoms with Gasteiger partial charge in [0.2, 0.25) is 0 Å². The van der Waals surface area contributed by atoms with Crippen molar-refractivity contribution in [3.63, 3.8) is 0 Å². The van der Waals surface area contributed by atoms with Gasteiger partial charge in [-0.05, 0) is 64.3 Å². The molecule has 0 aliphatic carbocycles. The van der Waals surface area contributed by atoms with Gasteiger partial charge in [0.1, 0.15) is 17.2 Å². The highest BCUT2D eigenvalue weighted by Gasteiger charge is 2.34. The Morgan fingerprint density at radius 1 is 0.706 bits per heavy atom. The van der Waals surface area contributed by atoms with Crippen molar-refractivity contribution in [1.82, 2.24) is 0 Å². The van der Waals surface area contributed by atoms with Crippen LogP contribution in [0.1, 0.15) is 58.2 Å². The van der Waals surface area contributed by atoms with Gasteiger partial charge in [0.05, 0.1) is 0 Å². The van der Waals surface area contributed by atoms with Crippen LogP contribution in [0.25, 0.3) is 0 Å². The van der Waals surface area contributed by atoms with E-state index in [1.807, 2.05) is 42.5 Å². The first kappa shape index (κ1) is 25.6. The topological polar surface area (TPSA) is 44.8 Å². The molecular formula is C29H35O4P. The van der Waals surface area contributed by atoms with Gasteiger partial charge >= 0.3 is 7.82 Å². The quantitative estimate of drug-likeness (QED) is 0.240. The molecule has 3 aromatic rings. The first-order valence-electron chi connectivity index (χ1n) is 11.5. The van der Waals surface area contributed by atoms with E-state index in [-0.39, 0.29) is 10.8 Å². The van der Waals surface area contributed by atoms with Crippen molar-refractivity contribution in [2.24, 2.45) is 0 Å². The zero-order valence-electron chi connectivity index (χ0n) is 21.0. The van der Waals surface area contributed by atoms with E-state index in [2.05, 4.69) is 48.1 Å². The van der Waals surface area contributed by atoms with Gasteiger partial charge in [0.15, 0.2) is 0 Å². The van der Waals surface area contributed by atoms with Crippen molar-refractivity contribution in [3.8, 4) is 17.2 Å². The maximum Gasteiger partial charge on any atom is 0.647 e. The number of hydrogen-bond donors (Lipinski definition) is 0. The average Bonchev–Trinajstić information content (AvgIpc) is 2.74. The number of para-hydroxylation sites is 1. The molecule has 0 saturated heterocycles. The van der Waals surface area contributed by atoms with E-state index < -0.39 is 7.82 Å². The first-order valence-corrected chi connectivity index (χ1v) is 12.9. The Morgan fingerprint density at radius 3 is 1.56 bits per heavy atom. The lowest BCUT2D eigenvalue weighted by Crippen LogP contribution is -2.12. The molecule has 180 valence electrons. The van der Waals surface area contributed by atoms with Crippen molar-refractivity contribution in [1.29, 1.82) is 0 Å². The fraction of sp³-hybridized carbons (Fsp3) is 0.310. The van der Waals surface area contributed by atoms with Gasteiger partial charge in [-0.15, -0.1) is 6.58 Å². The van der Waals surface area contributed by atoms with Gasteiger partial charge in [0.25, 0.3) is 0 Å². The molecule has 3 aromatic carbocycles. The standard InChI is InChI=1S/C29H35O4P/c1-8-11-22-12-9-10-13-27(22)33-34(30,31-25-18-14-23(15-19-25)28(2,3)4)32-26-20-16-24(17-21-26)29(5,6)7/h8-10,12-21H,1,11H2,2-7H3. The molecule has 0 radical (unpaired) electrons. The van der Waals surface area contributed by atoms with Gasteiger partial charge in [-0.3, -0.25) is 0 Å². The summed E-state index contributed by atoms with van der Waals surface area (Å²) in [5.41, 5.74) is 3.12. The van der Waals surface area contributed by atoms with E-state index in [0.717, 1.165) is 16.7 Å². The second-order valence-corrected chi connectivity index (χ2v) is 11.8. The summed E-state index contributed by atoms with van der Waals surface area (Å²) < 4.78 is 31.7. The molecule has 0 unspecified atom stereocenters. The lowest BCUT2D eigenvalue weighted by atomic mass is 9.87. The predicted molar refractivity (Wildman–Crippen MR) is 140 cm³/mol. The van der Waals surface area contributed by atoms with Crippen LogP contribution in [0, 0.1) is 0 Å². The maximum atomic E-state index is 13.9. The van der Waals surface area contributed by atoms with E-state index in [0.29, 0.717) is 23.7 Å². The van der Waals surface area contributed by atoms with Crippen LogP contribution in [-0.2, 0) is 21.8 Å². The first-order chi connectivity index (χ1) is 15.9. The van der Waals surface area contributed by atoms with Gasteiger partial charge in [0, 0.05) is 0 Å². The molecule has 0 aliphatic heterocycles. The molecule has 0 bridgehead atoms. The van der Waals surface area contributed by atoms with Gasteiger partial charge in [-0.1, -0.05) is 90.1 Å². The summed E-state index contributed by atoms with van der Waals surface area (Å²) in [6.45, 7) is 16.6. The monoisotopic (exact) mass is 478 g/mol. The molecule has 5 heteroatoms. The van der Waals surface area contributed by atoms with E-state index >= 15 is 0 Å². The minimum Gasteiger partial charge on any atom is -0.386 e. The highest BCUT2D eigenvalue weighted by molar-refractivity contribution is 7.49. The Kier molecular flexibility index (Phi) is 7.63. The predicted octanol–water partition coefficient (Wildman–Crippen LogP) is 8.66. The lowest BCUT2D eigenvalue weighted by molar-refractivity contribution is 0.297. The van der Waals surface area contributed by atoms with Crippen LogP contribution in [0.3, 0.4) is 0 Å². The summed E-state index contributed by atoms with van der Waals surface area (Å²) >= 11 is 0. The molecule has 3 rings (SSSR count). The van der Waals surface area contributed by atoms with E-state index in [1.165, 1.54) is 0 Å². The number of benzene rings is 3. The molecule has 0 atom stereocenters. The molecule has 0 saturated carbocycles. The number of allylic oxidation sites excluding steroid dienone is 1. The number of rotatable bonds is 8. The zero-order valence-corrected chi connectivity index (χ0v) is 21.9. The van der Waals surface area contributed by atoms with Crippen LogP contribution in [0.4, 0.5) is 0 Å². The fourth-order valence-corrected chi connectivity index (χ4v) is 4.67. The number of phosphoric ester groups is 1. The maximum absolute atomic E-state index is 13.9. The summed E-state index contributed by atoms with van der Waals surface area (Å²) in [6, 6.07) is 22.4. The minimum absolute atomic E-state index is 0.00629. The van der Waals surface area contributed by atoms with Gasteiger partial charge in [-0.2, -0.15) is 4.57 Å². The minimum atomic E-state index is -4.08. The molecule has 0 fully saturated rings. The van der Waals surface area contributed by atoms with E-state index in [1.54, 1.807) is 36.4 Å². The fourth-order valence-electron chi connectivity index (χ4n) is 3.38. The molecule has 4 nitrogen and oxygen atoms in total. The van der Waals surface area contributed by atoms with Crippen LogP contribution in [0.5, 0.6) is 17.2 Å². The summed E-state index contributed by atoms with van der Waals surface area (Å²) in [5.74, 6) is 1.25. The summed E-state index contributed by atoms with van der Waals surface area (Å²) in [7, 11) is -4.08. The Labute approximate surface area is 204 Å². The van der Waals surface area contributed by atoms with Crippen molar-refractivity contribution in [2.75, 3.05) is 0 Å². The summed E-state index contributed by atoms with van der Waals surface area (Å²) in [4.78, 5) is 0. The zero-order chi connectivity index (χ0) is 25.0. The summed E-state index contributed by atoms with van der Waals surface area (Å²) in [5, 5.41) is 0. The van der Waals surface area contributed by atoms with Crippen molar-refractivity contribution in [3.05, 3.63) is 102 Å². The average molecular weight is 479 g/mol. The molecular weight excluding hydrogens is 443 g/mol. The van der Waals surface area contributed by atoms with E-state index in [9.17, 15) is 4.57 Å². The second kappa shape index (κ2) is 10.1. The van der Waals surface area contributed by atoms with Crippen LogP contribution >= 0.6 is 7.82 Å². The van der Waals surface area contributed by atoms with Crippen LogP contribution in [-0.4, -0.2) is 0 Å². The molecule has 0 aliphatic rings. The van der Waals surface area contributed by atoms with Crippen LogP contribution in [0.15, 0.2) is 85.5 Å². The molecule has 0 aromatic heterocycles. The third-order valence-electron chi connectivity index (χ3n) is 5.42. The largest absolute Gasteiger partial charge is 0.647 e. The molecule has 0 amide bonds. The Bertz CT molecular complexity index is 1090. The smallest absolute Gasteiger partial charge is 0.386 e. The van der Waals surface area contributed by atoms with Gasteiger partial charge in [-0.25, -0.2) is 0 Å². The Hall–Kier alpha value is -2.97. The molecule has 34 heavy (non-hydrogen) atoms. The normalized spacial score (nSPS) is 12.2. The highest BCUT2D eigenvalue weighted by atomic mass is 31.2. The Morgan fingerprint density at radius 2 is 1.15 bits per heavy atom. The van der Waals surface area contributed by atoms with Crippen molar-refractivity contribution in [2.45, 2.75) is 58.8 Å². The SMILES string of the molecule is C=CCc1ccccc1OP(=O)(Oc1ccc(C(C)(C)C)cc1)Oc1ccc(C(C)(C)C)cc1. The Balaban J connectivity index is 1.94. The number of phosphoric acid groups is 1. The molecule has 0 heterocycles. The third kappa shape index (κ3) is 6.77. The molecule has 0 spiro atoms. The van der Waals surface area contributed by atoms with Crippen LogP contribution < -0.4 is 13.6 Å². The van der Waals surface area contributed by atoms with Crippen molar-refractivity contribution < 1.29 is 18.1 Å². The highest BCUT2D eigenvalue weighted by Crippen LogP contribution is 2.50. The molecule has 0 N–H and O–H groups in total.